The summed E-state index contributed by atoms with van der Waals surface area (Å²) < 4.78 is 6.20. The minimum Gasteiger partial charge on any atom is -0.618 e. The summed E-state index contributed by atoms with van der Waals surface area (Å²) in [5, 5.41) is 21.8. The second-order valence-corrected chi connectivity index (χ2v) is 6.89. The Morgan fingerprint density at radius 2 is 2.22 bits per heavy atom. The second kappa shape index (κ2) is 7.07. The minimum absolute atomic E-state index is 0.00654. The summed E-state index contributed by atoms with van der Waals surface area (Å²) in [5.41, 5.74) is 8.19. The van der Waals surface area contributed by atoms with E-state index in [1.54, 1.807) is 18.9 Å². The molecule has 1 unspecified atom stereocenters. The van der Waals surface area contributed by atoms with Crippen LogP contribution in [0.1, 0.15) is 34.7 Å². The summed E-state index contributed by atoms with van der Waals surface area (Å²) in [6.45, 7) is 4.16. The van der Waals surface area contributed by atoms with Crippen molar-refractivity contribution in [3.8, 4) is 5.75 Å². The van der Waals surface area contributed by atoms with E-state index in [-0.39, 0.29) is 24.1 Å². The van der Waals surface area contributed by atoms with Gasteiger partial charge in [-0.15, -0.1) is 0 Å². The Labute approximate surface area is 160 Å². The van der Waals surface area contributed by atoms with Crippen molar-refractivity contribution in [3.63, 3.8) is 0 Å². The smallest absolute Gasteiger partial charge is 0.304 e. The molecule has 3 N–H and O–H groups in total. The number of carbonyl (C=O) groups is 1. The molecule has 0 aromatic carbocycles. The SMILES string of the molecule is COc1c(C)c[n+]([O-])c(CN2CC(CC(=O)O)c3c(Cl)nc(N)nc32)c1C. The van der Waals surface area contributed by atoms with Crippen molar-refractivity contribution >= 4 is 29.3 Å². The fourth-order valence-corrected chi connectivity index (χ4v) is 3.91. The first-order valence-corrected chi connectivity index (χ1v) is 8.66. The lowest BCUT2D eigenvalue weighted by Crippen LogP contribution is -2.38. The first-order chi connectivity index (χ1) is 12.7. The molecule has 144 valence electrons. The Morgan fingerprint density at radius 1 is 1.52 bits per heavy atom. The highest BCUT2D eigenvalue weighted by Crippen LogP contribution is 2.41. The molecule has 0 radical (unpaired) electrons. The van der Waals surface area contributed by atoms with Crippen molar-refractivity contribution < 1.29 is 19.4 Å². The van der Waals surface area contributed by atoms with Crippen molar-refractivity contribution in [3.05, 3.63) is 38.9 Å². The van der Waals surface area contributed by atoms with E-state index in [0.717, 1.165) is 10.3 Å². The number of fused-ring (bicyclic) bond motifs is 1. The van der Waals surface area contributed by atoms with Crippen molar-refractivity contribution in [2.75, 3.05) is 24.3 Å². The number of carboxylic acid groups (broad SMARTS) is 1. The quantitative estimate of drug-likeness (QED) is 0.444. The maximum atomic E-state index is 12.5. The lowest BCUT2D eigenvalue weighted by Gasteiger charge is -2.20. The average molecular weight is 394 g/mol. The predicted octanol–water partition coefficient (Wildman–Crippen LogP) is 1.55. The van der Waals surface area contributed by atoms with Crippen LogP contribution < -0.4 is 20.1 Å². The molecule has 9 nitrogen and oxygen atoms in total. The van der Waals surface area contributed by atoms with Gasteiger partial charge in [-0.1, -0.05) is 11.6 Å². The van der Waals surface area contributed by atoms with E-state index in [0.29, 0.717) is 34.9 Å². The number of aliphatic carboxylic acids is 1. The van der Waals surface area contributed by atoms with Crippen molar-refractivity contribution in [1.82, 2.24) is 9.97 Å². The number of aryl methyl sites for hydroxylation is 1. The summed E-state index contributed by atoms with van der Waals surface area (Å²) in [7, 11) is 1.55. The molecule has 0 saturated carbocycles. The minimum atomic E-state index is -0.951. The number of nitrogens with two attached hydrogens (primary N) is 1. The third-order valence-electron chi connectivity index (χ3n) is 4.72. The van der Waals surface area contributed by atoms with Gasteiger partial charge in [0.15, 0.2) is 6.20 Å². The summed E-state index contributed by atoms with van der Waals surface area (Å²) in [6, 6.07) is 0. The molecule has 0 bridgehead atoms. The largest absolute Gasteiger partial charge is 0.618 e. The maximum absolute atomic E-state index is 12.5. The van der Waals surface area contributed by atoms with Gasteiger partial charge in [0, 0.05) is 18.0 Å². The molecule has 3 heterocycles. The number of carboxylic acids is 1. The van der Waals surface area contributed by atoms with Gasteiger partial charge in [0.2, 0.25) is 11.6 Å². The lowest BCUT2D eigenvalue weighted by atomic mass is 10.0. The van der Waals surface area contributed by atoms with Gasteiger partial charge >= 0.3 is 5.97 Å². The summed E-state index contributed by atoms with van der Waals surface area (Å²) >= 11 is 6.21. The van der Waals surface area contributed by atoms with Gasteiger partial charge in [-0.3, -0.25) is 4.79 Å². The molecule has 2 aromatic heterocycles. The van der Waals surface area contributed by atoms with Crippen LogP contribution in [0.5, 0.6) is 5.75 Å². The van der Waals surface area contributed by atoms with E-state index in [1.165, 1.54) is 6.20 Å². The van der Waals surface area contributed by atoms with Gasteiger partial charge in [-0.25, -0.2) is 4.98 Å². The molecule has 10 heteroatoms. The first-order valence-electron chi connectivity index (χ1n) is 8.28. The van der Waals surface area contributed by atoms with Crippen LogP contribution in [0, 0.1) is 19.1 Å². The number of pyridine rings is 1. The number of nitrogens with zero attached hydrogens (tertiary/aromatic N) is 4. The molecule has 1 atom stereocenters. The third-order valence-corrected chi connectivity index (χ3v) is 5.01. The highest BCUT2D eigenvalue weighted by atomic mass is 35.5. The molecular formula is C17H20ClN5O4. The molecule has 2 aromatic rings. The van der Waals surface area contributed by atoms with Gasteiger partial charge in [0.1, 0.15) is 23.3 Å². The highest BCUT2D eigenvalue weighted by molar-refractivity contribution is 6.30. The third kappa shape index (κ3) is 3.42. The van der Waals surface area contributed by atoms with E-state index in [4.69, 9.17) is 22.1 Å². The molecule has 0 spiro atoms. The second-order valence-electron chi connectivity index (χ2n) is 6.53. The van der Waals surface area contributed by atoms with Gasteiger partial charge in [0.25, 0.3) is 0 Å². The number of methoxy groups -OCH3 is 1. The number of aromatic nitrogens is 3. The molecule has 1 aliphatic heterocycles. The fraction of sp³-hybridized carbons (Fsp3) is 0.412. The van der Waals surface area contributed by atoms with E-state index in [1.807, 2.05) is 6.92 Å². The van der Waals surface area contributed by atoms with Crippen molar-refractivity contribution in [2.24, 2.45) is 0 Å². The Morgan fingerprint density at radius 3 is 2.85 bits per heavy atom. The normalized spacial score (nSPS) is 15.7. The molecule has 0 aliphatic carbocycles. The molecule has 27 heavy (non-hydrogen) atoms. The van der Waals surface area contributed by atoms with Gasteiger partial charge in [0.05, 0.1) is 24.7 Å². The number of rotatable bonds is 5. The van der Waals surface area contributed by atoms with Crippen LogP contribution >= 0.6 is 11.6 Å². The van der Waals surface area contributed by atoms with Crippen LogP contribution in [0.2, 0.25) is 5.15 Å². The standard InChI is InChI=1S/C17H20ClN5O4/c1-8-5-23(26)11(9(2)14(8)27-3)7-22-6-10(4-12(24)25)13-15(18)20-17(19)21-16(13)22/h5,10H,4,6-7H2,1-3H3,(H,24,25)(H2,19,20,21). The number of nitrogen functional groups attached to an aromatic ring is 1. The Hall–Kier alpha value is -2.81. The van der Waals surface area contributed by atoms with E-state index >= 15 is 0 Å². The summed E-state index contributed by atoms with van der Waals surface area (Å²) in [4.78, 5) is 21.2. The number of ether oxygens (including phenoxy) is 1. The summed E-state index contributed by atoms with van der Waals surface area (Å²) in [5.74, 6) is -0.254. The average Bonchev–Trinajstić information content (AvgIpc) is 2.88. The molecular weight excluding hydrogens is 374 g/mol. The molecule has 0 saturated heterocycles. The van der Waals surface area contributed by atoms with Crippen LogP contribution in [0.3, 0.4) is 0 Å². The zero-order valence-electron chi connectivity index (χ0n) is 15.2. The molecule has 1 aliphatic rings. The van der Waals surface area contributed by atoms with Gasteiger partial charge in [-0.05, 0) is 13.8 Å². The molecule has 0 fully saturated rings. The Balaban J connectivity index is 2.04. The van der Waals surface area contributed by atoms with Crippen LogP contribution in [0.15, 0.2) is 6.20 Å². The zero-order chi connectivity index (χ0) is 19.9. The van der Waals surface area contributed by atoms with E-state index in [9.17, 15) is 15.1 Å². The first kappa shape index (κ1) is 19.0. The lowest BCUT2D eigenvalue weighted by molar-refractivity contribution is -0.614. The highest BCUT2D eigenvalue weighted by Gasteiger charge is 2.36. The number of hydrogen-bond donors (Lipinski definition) is 2. The van der Waals surface area contributed by atoms with Crippen LogP contribution in [0.4, 0.5) is 11.8 Å². The van der Waals surface area contributed by atoms with Crippen molar-refractivity contribution in [1.29, 1.82) is 0 Å². The van der Waals surface area contributed by atoms with Crippen LogP contribution in [-0.4, -0.2) is 34.7 Å². The monoisotopic (exact) mass is 393 g/mol. The predicted molar refractivity (Wildman–Crippen MR) is 98.9 cm³/mol. The van der Waals surface area contributed by atoms with Crippen molar-refractivity contribution in [2.45, 2.75) is 32.7 Å². The van der Waals surface area contributed by atoms with E-state index in [2.05, 4.69) is 9.97 Å². The molecule has 3 rings (SSSR count). The summed E-state index contributed by atoms with van der Waals surface area (Å²) in [6.07, 6.45) is 1.33. The number of hydrogen-bond acceptors (Lipinski definition) is 7. The van der Waals surface area contributed by atoms with Gasteiger partial charge < -0.3 is 25.7 Å². The Bertz CT molecular complexity index is 921. The Kier molecular flexibility index (Phi) is 4.97. The van der Waals surface area contributed by atoms with Crippen LogP contribution in [0.25, 0.3) is 0 Å². The zero-order valence-corrected chi connectivity index (χ0v) is 15.9. The number of anilines is 2. The number of halogens is 1. The molecule has 0 amide bonds. The van der Waals surface area contributed by atoms with E-state index < -0.39 is 11.9 Å². The van der Waals surface area contributed by atoms with Gasteiger partial charge in [-0.2, -0.15) is 9.71 Å². The maximum Gasteiger partial charge on any atom is 0.304 e. The fourth-order valence-electron chi connectivity index (χ4n) is 3.59. The topological polar surface area (TPSA) is 129 Å². The van der Waals surface area contributed by atoms with Crippen LogP contribution in [-0.2, 0) is 11.3 Å².